The summed E-state index contributed by atoms with van der Waals surface area (Å²) in [5.74, 6) is -0.854. The van der Waals surface area contributed by atoms with Crippen LogP contribution in [0.15, 0.2) is 36.4 Å². The zero-order chi connectivity index (χ0) is 22.8. The van der Waals surface area contributed by atoms with Crippen LogP contribution >= 0.6 is 11.8 Å². The Labute approximate surface area is 183 Å². The van der Waals surface area contributed by atoms with Crippen molar-refractivity contribution in [2.45, 2.75) is 38.3 Å². The highest BCUT2D eigenvalue weighted by molar-refractivity contribution is 8.00. The van der Waals surface area contributed by atoms with Crippen molar-refractivity contribution in [1.82, 2.24) is 4.90 Å². The van der Waals surface area contributed by atoms with Crippen LogP contribution in [0.5, 0.6) is 11.5 Å². The van der Waals surface area contributed by atoms with E-state index in [0.29, 0.717) is 5.56 Å². The number of carbonyl (C=O) groups is 2. The highest BCUT2D eigenvalue weighted by Gasteiger charge is 2.34. The summed E-state index contributed by atoms with van der Waals surface area (Å²) in [7, 11) is 1.43. The van der Waals surface area contributed by atoms with E-state index < -0.39 is 28.8 Å². The van der Waals surface area contributed by atoms with Gasteiger partial charge in [-0.3, -0.25) is 4.79 Å². The molecule has 2 aromatic carbocycles. The molecular weight excluding hydrogens is 428 g/mol. The molecule has 0 aromatic heterocycles. The molecule has 1 aliphatic rings. The van der Waals surface area contributed by atoms with Crippen molar-refractivity contribution in [3.8, 4) is 11.5 Å². The Bertz CT molecular complexity index is 992. The van der Waals surface area contributed by atoms with Crippen LogP contribution in [-0.4, -0.2) is 35.4 Å². The summed E-state index contributed by atoms with van der Waals surface area (Å²) >= 11 is 1.38. The Morgan fingerprint density at radius 2 is 1.90 bits per heavy atom. The van der Waals surface area contributed by atoms with Crippen LogP contribution in [0, 0.1) is 11.6 Å². The molecule has 6 nitrogen and oxygen atoms in total. The quantitative estimate of drug-likeness (QED) is 0.468. The molecule has 1 unspecified atom stereocenters. The van der Waals surface area contributed by atoms with Gasteiger partial charge in [0.05, 0.1) is 12.9 Å². The minimum absolute atomic E-state index is 0.00108. The van der Waals surface area contributed by atoms with Crippen molar-refractivity contribution in [2.75, 3.05) is 12.9 Å². The van der Waals surface area contributed by atoms with Gasteiger partial charge in [-0.1, -0.05) is 12.1 Å². The van der Waals surface area contributed by atoms with Gasteiger partial charge in [0.1, 0.15) is 22.6 Å². The number of methoxy groups -OCH3 is 1. The molecule has 0 aliphatic carbocycles. The van der Waals surface area contributed by atoms with Crippen LogP contribution in [0.3, 0.4) is 0 Å². The molecule has 0 spiro atoms. The number of thioether (sulfide) groups is 1. The van der Waals surface area contributed by atoms with Crippen LogP contribution < -0.4 is 9.47 Å². The van der Waals surface area contributed by atoms with Crippen LogP contribution in [0.25, 0.3) is 0 Å². The predicted molar refractivity (Wildman–Crippen MR) is 112 cm³/mol. The van der Waals surface area contributed by atoms with Crippen molar-refractivity contribution in [1.29, 1.82) is 0 Å². The predicted octanol–water partition coefficient (Wildman–Crippen LogP) is 5.06. The van der Waals surface area contributed by atoms with E-state index in [1.165, 1.54) is 29.8 Å². The standard InChI is InChI=1S/C22H23F2NO5S/c1-22(2,3)30-21(27)29-17-8-6-13(9-18(17)28-4)20-25(19(26)12-31-20)11-14-5-7-15(23)10-16(14)24/h5-10,20H,11-12H2,1-4H3. The Hall–Kier alpha value is -2.81. The third-order valence-corrected chi connectivity index (χ3v) is 5.64. The van der Waals surface area contributed by atoms with E-state index in [1.54, 1.807) is 39.0 Å². The van der Waals surface area contributed by atoms with E-state index in [1.807, 2.05) is 0 Å². The van der Waals surface area contributed by atoms with Gasteiger partial charge in [-0.15, -0.1) is 11.8 Å². The molecule has 166 valence electrons. The molecule has 1 heterocycles. The lowest BCUT2D eigenvalue weighted by Crippen LogP contribution is -2.28. The van der Waals surface area contributed by atoms with Gasteiger partial charge in [0.25, 0.3) is 0 Å². The van der Waals surface area contributed by atoms with Crippen LogP contribution in [0.2, 0.25) is 0 Å². The zero-order valence-electron chi connectivity index (χ0n) is 17.6. The average molecular weight is 451 g/mol. The molecule has 1 fully saturated rings. The molecule has 1 aliphatic heterocycles. The molecule has 2 aromatic rings. The number of halogens is 2. The monoisotopic (exact) mass is 451 g/mol. The van der Waals surface area contributed by atoms with E-state index in [0.717, 1.165) is 12.1 Å². The number of hydrogen-bond acceptors (Lipinski definition) is 6. The molecule has 3 rings (SSSR count). The molecule has 1 amide bonds. The summed E-state index contributed by atoms with van der Waals surface area (Å²) < 4.78 is 43.0. The van der Waals surface area contributed by atoms with Crippen molar-refractivity contribution < 1.29 is 32.6 Å². The molecule has 0 saturated carbocycles. The van der Waals surface area contributed by atoms with Crippen LogP contribution in [0.4, 0.5) is 13.6 Å². The third-order valence-electron chi connectivity index (χ3n) is 4.38. The van der Waals surface area contributed by atoms with Crippen molar-refractivity contribution in [3.63, 3.8) is 0 Å². The zero-order valence-corrected chi connectivity index (χ0v) is 18.4. The second-order valence-electron chi connectivity index (χ2n) is 7.90. The highest BCUT2D eigenvalue weighted by Crippen LogP contribution is 2.42. The first-order chi connectivity index (χ1) is 14.6. The number of nitrogens with zero attached hydrogens (tertiary/aromatic N) is 1. The molecule has 31 heavy (non-hydrogen) atoms. The first-order valence-corrected chi connectivity index (χ1v) is 10.6. The minimum Gasteiger partial charge on any atom is -0.493 e. The third kappa shape index (κ3) is 5.66. The fourth-order valence-electron chi connectivity index (χ4n) is 3.02. The van der Waals surface area contributed by atoms with Crippen molar-refractivity contribution in [3.05, 3.63) is 59.2 Å². The largest absolute Gasteiger partial charge is 0.514 e. The van der Waals surface area contributed by atoms with Gasteiger partial charge in [-0.25, -0.2) is 13.6 Å². The SMILES string of the molecule is COc1cc(C2SCC(=O)N2Cc2ccc(F)cc2F)ccc1OC(=O)OC(C)(C)C. The highest BCUT2D eigenvalue weighted by atomic mass is 32.2. The molecule has 0 N–H and O–H groups in total. The van der Waals surface area contributed by atoms with Crippen molar-refractivity contribution in [2.24, 2.45) is 0 Å². The van der Waals surface area contributed by atoms with Gasteiger partial charge in [0.2, 0.25) is 5.91 Å². The number of ether oxygens (including phenoxy) is 3. The Morgan fingerprint density at radius 1 is 1.16 bits per heavy atom. The fraction of sp³-hybridized carbons (Fsp3) is 0.364. The second kappa shape index (κ2) is 9.13. The van der Waals surface area contributed by atoms with E-state index in [2.05, 4.69) is 0 Å². The molecule has 9 heteroatoms. The average Bonchev–Trinajstić information content (AvgIpc) is 3.03. The summed E-state index contributed by atoms with van der Waals surface area (Å²) in [6.07, 6.45) is -0.864. The van der Waals surface area contributed by atoms with E-state index >= 15 is 0 Å². The Morgan fingerprint density at radius 3 is 2.55 bits per heavy atom. The molecule has 0 radical (unpaired) electrons. The minimum atomic E-state index is -0.864. The maximum atomic E-state index is 14.1. The van der Waals surface area contributed by atoms with Gasteiger partial charge in [-0.2, -0.15) is 0 Å². The summed E-state index contributed by atoms with van der Waals surface area (Å²) in [5, 5.41) is -0.401. The number of rotatable bonds is 5. The maximum absolute atomic E-state index is 14.1. The lowest BCUT2D eigenvalue weighted by Gasteiger charge is -2.25. The van der Waals surface area contributed by atoms with Gasteiger partial charge in [-0.05, 0) is 44.5 Å². The smallest absolute Gasteiger partial charge is 0.493 e. The van der Waals surface area contributed by atoms with E-state index in [4.69, 9.17) is 14.2 Å². The Kier molecular flexibility index (Phi) is 6.74. The van der Waals surface area contributed by atoms with Crippen LogP contribution in [-0.2, 0) is 16.1 Å². The van der Waals surface area contributed by atoms with E-state index in [-0.39, 0.29) is 35.3 Å². The van der Waals surface area contributed by atoms with Gasteiger partial charge >= 0.3 is 6.16 Å². The summed E-state index contributed by atoms with van der Waals surface area (Å²) in [4.78, 5) is 25.9. The second-order valence-corrected chi connectivity index (χ2v) is 8.97. The van der Waals surface area contributed by atoms with Crippen molar-refractivity contribution >= 4 is 23.8 Å². The summed E-state index contributed by atoms with van der Waals surface area (Å²) in [5.41, 5.74) is 0.229. The van der Waals surface area contributed by atoms with Gasteiger partial charge < -0.3 is 19.1 Å². The molecular formula is C22H23F2NO5S. The molecule has 1 atom stereocenters. The number of carbonyl (C=O) groups excluding carboxylic acids is 2. The topological polar surface area (TPSA) is 65.1 Å². The molecule has 0 bridgehead atoms. The van der Waals surface area contributed by atoms with Crippen LogP contribution in [0.1, 0.15) is 37.3 Å². The maximum Gasteiger partial charge on any atom is 0.514 e. The first-order valence-electron chi connectivity index (χ1n) is 9.51. The van der Waals surface area contributed by atoms with Gasteiger partial charge in [0, 0.05) is 18.2 Å². The lowest BCUT2D eigenvalue weighted by atomic mass is 10.1. The summed E-state index contributed by atoms with van der Waals surface area (Å²) in [6, 6.07) is 8.20. The van der Waals surface area contributed by atoms with E-state index in [9.17, 15) is 18.4 Å². The number of amides is 1. The number of hydrogen-bond donors (Lipinski definition) is 0. The fourth-order valence-corrected chi connectivity index (χ4v) is 4.19. The first kappa shape index (κ1) is 22.9. The summed E-state index contributed by atoms with van der Waals surface area (Å²) in [6.45, 7) is 5.17. The number of benzene rings is 2. The van der Waals surface area contributed by atoms with Gasteiger partial charge in [0.15, 0.2) is 11.5 Å². The molecule has 1 saturated heterocycles. The lowest BCUT2D eigenvalue weighted by molar-refractivity contribution is -0.128. The normalized spacial score (nSPS) is 16.4. The Balaban J connectivity index is 1.82.